The maximum Gasteiger partial charge on any atom is 0.416 e. The van der Waals surface area contributed by atoms with Crippen molar-refractivity contribution in [3.05, 3.63) is 40.5 Å². The summed E-state index contributed by atoms with van der Waals surface area (Å²) in [5.74, 6) is -0.700. The molecule has 1 aliphatic carbocycles. The summed E-state index contributed by atoms with van der Waals surface area (Å²) < 4.78 is 38.3. The molecular formula is C18H18F3N3O2S. The molecule has 1 heterocycles. The molecule has 1 fully saturated rings. The Balaban J connectivity index is 1.92. The number of benzene rings is 1. The molecule has 2 N–H and O–H groups in total. The van der Waals surface area contributed by atoms with E-state index in [0.29, 0.717) is 27.9 Å². The van der Waals surface area contributed by atoms with Crippen molar-refractivity contribution in [3.63, 3.8) is 0 Å². The molecule has 1 aromatic heterocycles. The largest absolute Gasteiger partial charge is 0.416 e. The van der Waals surface area contributed by atoms with E-state index >= 15 is 0 Å². The van der Waals surface area contributed by atoms with E-state index in [-0.39, 0.29) is 12.2 Å². The number of thiazole rings is 1. The first-order valence-corrected chi connectivity index (χ1v) is 9.19. The zero-order valence-electron chi connectivity index (χ0n) is 14.5. The Morgan fingerprint density at radius 2 is 1.89 bits per heavy atom. The van der Waals surface area contributed by atoms with Crippen LogP contribution in [0.3, 0.4) is 0 Å². The topological polar surface area (TPSA) is 76.3 Å². The molecule has 9 heteroatoms. The van der Waals surface area contributed by atoms with Crippen LogP contribution in [-0.4, -0.2) is 34.8 Å². The molecule has 0 unspecified atom stereocenters. The summed E-state index contributed by atoms with van der Waals surface area (Å²) in [6, 6.07) is 4.60. The molecule has 27 heavy (non-hydrogen) atoms. The molecule has 0 bridgehead atoms. The summed E-state index contributed by atoms with van der Waals surface area (Å²) in [6.45, 7) is 1.93. The van der Waals surface area contributed by atoms with Crippen molar-refractivity contribution in [2.75, 3.05) is 13.1 Å². The molecule has 0 aliphatic heterocycles. The third-order valence-corrected chi connectivity index (χ3v) is 5.24. The van der Waals surface area contributed by atoms with Crippen LogP contribution in [0.4, 0.5) is 13.2 Å². The number of aromatic nitrogens is 1. The van der Waals surface area contributed by atoms with Crippen LogP contribution in [0.25, 0.3) is 10.4 Å². The lowest BCUT2D eigenvalue weighted by atomic mass is 10.1. The van der Waals surface area contributed by atoms with Gasteiger partial charge in [0.1, 0.15) is 5.69 Å². The maximum atomic E-state index is 13.0. The van der Waals surface area contributed by atoms with E-state index in [2.05, 4.69) is 4.98 Å². The Bertz CT molecular complexity index is 858. The van der Waals surface area contributed by atoms with Crippen molar-refractivity contribution in [2.24, 2.45) is 11.7 Å². The van der Waals surface area contributed by atoms with Crippen molar-refractivity contribution in [2.45, 2.75) is 25.9 Å². The fraction of sp³-hybridized carbons (Fsp3) is 0.389. The van der Waals surface area contributed by atoms with Gasteiger partial charge in [0.05, 0.1) is 22.0 Å². The average Bonchev–Trinajstić information content (AvgIpc) is 3.31. The van der Waals surface area contributed by atoms with E-state index < -0.39 is 23.6 Å². The highest BCUT2D eigenvalue weighted by Gasteiger charge is 2.32. The summed E-state index contributed by atoms with van der Waals surface area (Å²) in [6.07, 6.45) is -2.45. The highest BCUT2D eigenvalue weighted by molar-refractivity contribution is 7.15. The minimum absolute atomic E-state index is 0.138. The quantitative estimate of drug-likeness (QED) is 0.811. The smallest absolute Gasteiger partial charge is 0.368 e. The summed E-state index contributed by atoms with van der Waals surface area (Å²) in [7, 11) is 0. The SMILES string of the molecule is Cc1nc(C(=O)N(CC(N)=O)CC2CC2)c(-c2ccc(C(F)(F)F)cc2)s1. The van der Waals surface area contributed by atoms with E-state index in [1.807, 2.05) is 0 Å². The van der Waals surface area contributed by atoms with Gasteiger partial charge in [-0.15, -0.1) is 11.3 Å². The number of aryl methyl sites for hydroxylation is 1. The number of hydrogen-bond donors (Lipinski definition) is 1. The number of hydrogen-bond acceptors (Lipinski definition) is 4. The van der Waals surface area contributed by atoms with Crippen molar-refractivity contribution in [1.82, 2.24) is 9.88 Å². The van der Waals surface area contributed by atoms with Gasteiger partial charge in [-0.3, -0.25) is 9.59 Å². The Hall–Kier alpha value is -2.42. The minimum atomic E-state index is -4.43. The second-order valence-electron chi connectivity index (χ2n) is 6.58. The summed E-state index contributed by atoms with van der Waals surface area (Å²) in [4.78, 5) is 30.4. The second kappa shape index (κ2) is 7.30. The molecule has 0 radical (unpaired) electrons. The fourth-order valence-corrected chi connectivity index (χ4v) is 3.66. The summed E-state index contributed by atoms with van der Waals surface area (Å²) in [5, 5.41) is 0.610. The van der Waals surface area contributed by atoms with Crippen LogP contribution in [0.5, 0.6) is 0 Å². The van der Waals surface area contributed by atoms with Crippen LogP contribution in [0.2, 0.25) is 0 Å². The van der Waals surface area contributed by atoms with Crippen molar-refractivity contribution in [3.8, 4) is 10.4 Å². The Morgan fingerprint density at radius 3 is 2.41 bits per heavy atom. The van der Waals surface area contributed by atoms with Crippen LogP contribution < -0.4 is 5.73 Å². The van der Waals surface area contributed by atoms with E-state index in [4.69, 9.17) is 5.73 Å². The van der Waals surface area contributed by atoms with Gasteiger partial charge in [-0.05, 0) is 43.4 Å². The van der Waals surface area contributed by atoms with Crippen molar-refractivity contribution in [1.29, 1.82) is 0 Å². The predicted molar refractivity (Wildman–Crippen MR) is 95.1 cm³/mol. The van der Waals surface area contributed by atoms with Crippen molar-refractivity contribution >= 4 is 23.2 Å². The van der Waals surface area contributed by atoms with Gasteiger partial charge in [0, 0.05) is 6.54 Å². The van der Waals surface area contributed by atoms with Gasteiger partial charge in [-0.25, -0.2) is 4.98 Å². The molecule has 0 spiro atoms. The molecular weight excluding hydrogens is 379 g/mol. The van der Waals surface area contributed by atoms with E-state index in [1.165, 1.54) is 28.4 Å². The monoisotopic (exact) mass is 397 g/mol. The van der Waals surface area contributed by atoms with Crippen LogP contribution in [0.1, 0.15) is 33.9 Å². The van der Waals surface area contributed by atoms with Crippen molar-refractivity contribution < 1.29 is 22.8 Å². The van der Waals surface area contributed by atoms with Crippen LogP contribution in [0.15, 0.2) is 24.3 Å². The Morgan fingerprint density at radius 1 is 1.26 bits per heavy atom. The highest BCUT2D eigenvalue weighted by atomic mass is 32.1. The first-order valence-electron chi connectivity index (χ1n) is 8.38. The van der Waals surface area contributed by atoms with Gasteiger partial charge in [0.2, 0.25) is 5.91 Å². The first-order chi connectivity index (χ1) is 12.6. The zero-order valence-corrected chi connectivity index (χ0v) is 15.4. The number of alkyl halides is 3. The van der Waals surface area contributed by atoms with Gasteiger partial charge < -0.3 is 10.6 Å². The number of nitrogens with zero attached hydrogens (tertiary/aromatic N) is 2. The van der Waals surface area contributed by atoms with Gasteiger partial charge in [-0.1, -0.05) is 12.1 Å². The molecule has 3 rings (SSSR count). The predicted octanol–water partition coefficient (Wildman–Crippen LogP) is 3.47. The Labute approximate surface area is 158 Å². The lowest BCUT2D eigenvalue weighted by Gasteiger charge is -2.20. The summed E-state index contributed by atoms with van der Waals surface area (Å²) >= 11 is 1.22. The van der Waals surface area contributed by atoms with E-state index in [9.17, 15) is 22.8 Å². The molecule has 144 valence electrons. The molecule has 1 aliphatic rings. The normalized spacial score (nSPS) is 14.2. The third-order valence-electron chi connectivity index (χ3n) is 4.22. The lowest BCUT2D eigenvalue weighted by Crippen LogP contribution is -2.40. The number of nitrogens with two attached hydrogens (primary N) is 1. The second-order valence-corrected chi connectivity index (χ2v) is 7.78. The number of halogens is 3. The van der Waals surface area contributed by atoms with Gasteiger partial charge in [0.15, 0.2) is 0 Å². The number of rotatable bonds is 6. The molecule has 1 saturated carbocycles. The standard InChI is InChI=1S/C18H18F3N3O2S/c1-10-23-15(17(26)24(9-14(22)25)8-11-2-3-11)16(27-10)12-4-6-13(7-5-12)18(19,20)21/h4-7,11H,2-3,8-9H2,1H3,(H2,22,25). The first kappa shape index (κ1) is 19.3. The average molecular weight is 397 g/mol. The molecule has 5 nitrogen and oxygen atoms in total. The lowest BCUT2D eigenvalue weighted by molar-refractivity contribution is -0.137. The number of primary amides is 1. The van der Waals surface area contributed by atoms with Crippen LogP contribution in [-0.2, 0) is 11.0 Å². The highest BCUT2D eigenvalue weighted by Crippen LogP contribution is 2.35. The van der Waals surface area contributed by atoms with Gasteiger partial charge >= 0.3 is 6.18 Å². The fourth-order valence-electron chi connectivity index (χ4n) is 2.75. The molecule has 2 aromatic rings. The van der Waals surface area contributed by atoms with Crippen LogP contribution >= 0.6 is 11.3 Å². The Kier molecular flexibility index (Phi) is 5.23. The number of carbonyl (C=O) groups is 2. The maximum absolute atomic E-state index is 13.0. The third kappa shape index (κ3) is 4.65. The summed E-state index contributed by atoms with van der Waals surface area (Å²) in [5.41, 5.74) is 5.11. The molecule has 0 atom stereocenters. The van der Waals surface area contributed by atoms with Crippen LogP contribution in [0, 0.1) is 12.8 Å². The minimum Gasteiger partial charge on any atom is -0.368 e. The molecule has 1 aromatic carbocycles. The van der Waals surface area contributed by atoms with Gasteiger partial charge in [-0.2, -0.15) is 13.2 Å². The zero-order chi connectivity index (χ0) is 19.8. The van der Waals surface area contributed by atoms with E-state index in [1.54, 1.807) is 6.92 Å². The number of carbonyl (C=O) groups excluding carboxylic acids is 2. The molecule has 0 saturated heterocycles. The number of amides is 2. The van der Waals surface area contributed by atoms with E-state index in [0.717, 1.165) is 25.0 Å². The molecule has 2 amide bonds. The van der Waals surface area contributed by atoms with Gasteiger partial charge in [0.25, 0.3) is 5.91 Å².